The van der Waals surface area contributed by atoms with Gasteiger partial charge in [-0.05, 0) is 25.3 Å². The molecule has 1 aliphatic rings. The number of nitrogens with one attached hydrogen (secondary N) is 1. The molecule has 0 saturated carbocycles. The Hall–Kier alpha value is -2.67. The molecule has 0 spiro atoms. The molecule has 4 rings (SSSR count). The molecule has 0 unspecified atom stereocenters. The minimum atomic E-state index is -0.198. The average Bonchev–Trinajstić information content (AvgIpc) is 3.31. The van der Waals surface area contributed by atoms with Crippen LogP contribution in [0.15, 0.2) is 41.9 Å². The number of aromatic amines is 1. The molecule has 1 amide bonds. The first-order chi connectivity index (χ1) is 12.6. The van der Waals surface area contributed by atoms with Gasteiger partial charge in [-0.1, -0.05) is 30.3 Å². The van der Waals surface area contributed by atoms with Crippen molar-refractivity contribution in [1.29, 1.82) is 0 Å². The van der Waals surface area contributed by atoms with Crippen LogP contribution in [0.5, 0.6) is 0 Å². The molecule has 1 aliphatic heterocycles. The molecular weight excluding hydrogens is 346 g/mol. The first-order valence-electron chi connectivity index (χ1n) is 8.66. The number of aryl methyl sites for hydroxylation is 1. The molecule has 3 aromatic rings. The van der Waals surface area contributed by atoms with Crippen molar-refractivity contribution in [1.82, 2.24) is 19.9 Å². The largest absolute Gasteiger partial charge is 0.375 e. The van der Waals surface area contributed by atoms with Crippen LogP contribution in [0.2, 0.25) is 0 Å². The molecular formula is C19H21N5OS. The van der Waals surface area contributed by atoms with E-state index in [0.717, 1.165) is 24.4 Å². The summed E-state index contributed by atoms with van der Waals surface area (Å²) in [5.74, 6) is 0.756. The Morgan fingerprint density at radius 1 is 1.27 bits per heavy atom. The van der Waals surface area contributed by atoms with Crippen LogP contribution >= 0.6 is 11.3 Å². The van der Waals surface area contributed by atoms with Crippen LogP contribution in [-0.2, 0) is 5.41 Å². The Morgan fingerprint density at radius 3 is 2.58 bits per heavy atom. The number of nitrogens with two attached hydrogens (primary N) is 1. The first kappa shape index (κ1) is 16.8. The lowest BCUT2D eigenvalue weighted by Gasteiger charge is -2.41. The molecule has 3 heterocycles. The standard InChI is InChI=1S/C19H21N5OS/c1-13-21-11-15(22-13)17(25)24-9-7-19(8-10-24,14-5-3-2-4-6-14)16-12-26-18(20)23-16/h2-6,11-12H,7-10H2,1H3,(H2,20,23)(H,21,22). The third-order valence-corrected chi connectivity index (χ3v) is 5.85. The molecule has 0 aliphatic carbocycles. The first-order valence-corrected chi connectivity index (χ1v) is 9.54. The normalized spacial score (nSPS) is 16.6. The second kappa shape index (κ2) is 6.57. The summed E-state index contributed by atoms with van der Waals surface area (Å²) in [6.45, 7) is 3.19. The number of hydrogen-bond acceptors (Lipinski definition) is 5. The van der Waals surface area contributed by atoms with Gasteiger partial charge >= 0.3 is 0 Å². The van der Waals surface area contributed by atoms with Crippen LogP contribution in [0.3, 0.4) is 0 Å². The van der Waals surface area contributed by atoms with E-state index in [4.69, 9.17) is 5.73 Å². The van der Waals surface area contributed by atoms with Crippen molar-refractivity contribution in [3.8, 4) is 0 Å². The number of piperidine rings is 1. The van der Waals surface area contributed by atoms with Crippen molar-refractivity contribution in [2.45, 2.75) is 25.2 Å². The maximum Gasteiger partial charge on any atom is 0.271 e. The maximum atomic E-state index is 12.7. The van der Waals surface area contributed by atoms with E-state index in [1.807, 2.05) is 17.9 Å². The van der Waals surface area contributed by atoms with Crippen molar-refractivity contribution in [3.63, 3.8) is 0 Å². The number of rotatable bonds is 3. The van der Waals surface area contributed by atoms with E-state index in [-0.39, 0.29) is 11.3 Å². The van der Waals surface area contributed by atoms with Gasteiger partial charge in [0, 0.05) is 23.9 Å². The highest BCUT2D eigenvalue weighted by Gasteiger charge is 2.41. The van der Waals surface area contributed by atoms with Crippen molar-refractivity contribution >= 4 is 22.4 Å². The Balaban J connectivity index is 1.61. The number of thiazole rings is 1. The summed E-state index contributed by atoms with van der Waals surface area (Å²) in [5, 5.41) is 2.64. The predicted octanol–water partition coefficient (Wildman–Crippen LogP) is 2.98. The molecule has 1 fully saturated rings. The number of benzene rings is 1. The molecule has 7 heteroatoms. The van der Waals surface area contributed by atoms with E-state index in [9.17, 15) is 4.79 Å². The summed E-state index contributed by atoms with van der Waals surface area (Å²) in [5.41, 5.74) is 8.50. The summed E-state index contributed by atoms with van der Waals surface area (Å²) in [7, 11) is 0. The smallest absolute Gasteiger partial charge is 0.271 e. The van der Waals surface area contributed by atoms with Crippen LogP contribution < -0.4 is 5.73 Å². The quantitative estimate of drug-likeness (QED) is 0.745. The molecule has 2 aromatic heterocycles. The fourth-order valence-electron chi connectivity index (χ4n) is 3.75. The van der Waals surface area contributed by atoms with Gasteiger partial charge in [-0.15, -0.1) is 11.3 Å². The molecule has 6 nitrogen and oxygen atoms in total. The number of likely N-dealkylation sites (tertiary alicyclic amines) is 1. The predicted molar refractivity (Wildman–Crippen MR) is 102 cm³/mol. The summed E-state index contributed by atoms with van der Waals surface area (Å²) in [6.07, 6.45) is 3.25. The highest BCUT2D eigenvalue weighted by atomic mass is 32.1. The molecule has 134 valence electrons. The zero-order chi connectivity index (χ0) is 18.1. The lowest BCUT2D eigenvalue weighted by molar-refractivity contribution is 0.0678. The van der Waals surface area contributed by atoms with Gasteiger partial charge in [0.05, 0.1) is 11.9 Å². The third-order valence-electron chi connectivity index (χ3n) is 5.18. The number of nitrogens with zero attached hydrogens (tertiary/aromatic N) is 3. The van der Waals surface area contributed by atoms with Crippen LogP contribution in [-0.4, -0.2) is 38.8 Å². The summed E-state index contributed by atoms with van der Waals surface area (Å²) < 4.78 is 0. The fourth-order valence-corrected chi connectivity index (χ4v) is 4.41. The molecule has 3 N–H and O–H groups in total. The SMILES string of the molecule is Cc1ncc(C(=O)N2CCC(c3ccccc3)(c3csc(N)n3)CC2)[nH]1. The fraction of sp³-hybridized carbons (Fsp3) is 0.316. The minimum absolute atomic E-state index is 0.00468. The third kappa shape index (κ3) is 2.88. The van der Waals surface area contributed by atoms with E-state index in [1.165, 1.54) is 16.9 Å². The van der Waals surface area contributed by atoms with Crippen molar-refractivity contribution in [2.75, 3.05) is 18.8 Å². The molecule has 0 atom stereocenters. The van der Waals surface area contributed by atoms with Crippen molar-refractivity contribution in [3.05, 3.63) is 64.7 Å². The van der Waals surface area contributed by atoms with Gasteiger partial charge in [0.1, 0.15) is 11.5 Å². The number of hydrogen-bond donors (Lipinski definition) is 2. The topological polar surface area (TPSA) is 87.9 Å². The molecule has 1 aromatic carbocycles. The highest BCUT2D eigenvalue weighted by molar-refractivity contribution is 7.13. The number of amides is 1. The Kier molecular flexibility index (Phi) is 4.24. The Morgan fingerprint density at radius 2 is 2.00 bits per heavy atom. The van der Waals surface area contributed by atoms with Crippen molar-refractivity contribution < 1.29 is 4.79 Å². The number of H-pyrrole nitrogens is 1. The van der Waals surface area contributed by atoms with E-state index < -0.39 is 0 Å². The van der Waals surface area contributed by atoms with Crippen molar-refractivity contribution in [2.24, 2.45) is 0 Å². The molecule has 0 bridgehead atoms. The van der Waals surface area contributed by atoms with Gasteiger partial charge in [-0.3, -0.25) is 4.79 Å². The second-order valence-corrected chi connectivity index (χ2v) is 7.58. The van der Waals surface area contributed by atoms with Gasteiger partial charge in [0.15, 0.2) is 5.13 Å². The van der Waals surface area contributed by atoms with Crippen LogP contribution in [0, 0.1) is 6.92 Å². The molecule has 26 heavy (non-hydrogen) atoms. The van der Waals surface area contributed by atoms with Crippen LogP contribution in [0.4, 0.5) is 5.13 Å². The van der Waals surface area contributed by atoms with E-state index >= 15 is 0 Å². The zero-order valence-corrected chi connectivity index (χ0v) is 15.4. The van der Waals surface area contributed by atoms with Gasteiger partial charge in [0.2, 0.25) is 0 Å². The number of carbonyl (C=O) groups excluding carboxylic acids is 1. The molecule has 0 radical (unpaired) electrons. The number of imidazole rings is 1. The van der Waals surface area contributed by atoms with E-state index in [1.54, 1.807) is 6.20 Å². The Labute approximate surface area is 156 Å². The molecule has 1 saturated heterocycles. The lowest BCUT2D eigenvalue weighted by atomic mass is 9.70. The summed E-state index contributed by atoms with van der Waals surface area (Å²) >= 11 is 1.47. The number of nitrogen functional groups attached to an aromatic ring is 1. The van der Waals surface area contributed by atoms with Gasteiger partial charge in [0.25, 0.3) is 5.91 Å². The average molecular weight is 367 g/mol. The lowest BCUT2D eigenvalue weighted by Crippen LogP contribution is -2.46. The summed E-state index contributed by atoms with van der Waals surface area (Å²) in [6, 6.07) is 10.4. The zero-order valence-electron chi connectivity index (χ0n) is 14.6. The van der Waals surface area contributed by atoms with Gasteiger partial charge in [-0.2, -0.15) is 0 Å². The maximum absolute atomic E-state index is 12.7. The van der Waals surface area contributed by atoms with E-state index in [2.05, 4.69) is 44.6 Å². The minimum Gasteiger partial charge on any atom is -0.375 e. The monoisotopic (exact) mass is 367 g/mol. The van der Waals surface area contributed by atoms with Crippen LogP contribution in [0.25, 0.3) is 0 Å². The Bertz CT molecular complexity index is 909. The van der Waals surface area contributed by atoms with E-state index in [0.29, 0.717) is 23.9 Å². The number of anilines is 1. The van der Waals surface area contributed by atoms with Gasteiger partial charge in [-0.25, -0.2) is 9.97 Å². The van der Waals surface area contributed by atoms with Crippen LogP contribution in [0.1, 0.15) is 40.4 Å². The number of aromatic nitrogens is 3. The van der Waals surface area contributed by atoms with Gasteiger partial charge < -0.3 is 15.6 Å². The second-order valence-electron chi connectivity index (χ2n) is 6.69. The number of carbonyl (C=O) groups is 1. The summed E-state index contributed by atoms with van der Waals surface area (Å²) in [4.78, 5) is 26.4. The highest BCUT2D eigenvalue weighted by Crippen LogP contribution is 2.42.